The highest BCUT2D eigenvalue weighted by molar-refractivity contribution is 5.91. The molecule has 2 rings (SSSR count). The maximum absolute atomic E-state index is 12.8. The fraction of sp³-hybridized carbons (Fsp3) is 0.533. The van der Waals surface area contributed by atoms with Gasteiger partial charge in [0.2, 0.25) is 0 Å². The molecule has 3 nitrogen and oxygen atoms in total. The third-order valence-corrected chi connectivity index (χ3v) is 4.24. The van der Waals surface area contributed by atoms with E-state index >= 15 is 0 Å². The second kappa shape index (κ2) is 5.58. The fourth-order valence-electron chi connectivity index (χ4n) is 2.65. The van der Waals surface area contributed by atoms with Crippen molar-refractivity contribution in [1.29, 1.82) is 0 Å². The fourth-order valence-corrected chi connectivity index (χ4v) is 2.65. The van der Waals surface area contributed by atoms with E-state index in [9.17, 15) is 18.0 Å². The van der Waals surface area contributed by atoms with Crippen molar-refractivity contribution in [3.63, 3.8) is 0 Å². The van der Waals surface area contributed by atoms with Crippen molar-refractivity contribution >= 4 is 11.7 Å². The van der Waals surface area contributed by atoms with Crippen molar-refractivity contribution in [3.8, 4) is 0 Å². The normalized spacial score (nSPS) is 23.2. The van der Waals surface area contributed by atoms with Crippen molar-refractivity contribution in [2.45, 2.75) is 26.4 Å². The number of carboxylic acids is 1. The highest BCUT2D eigenvalue weighted by Gasteiger charge is 2.36. The van der Waals surface area contributed by atoms with Crippen LogP contribution >= 0.6 is 0 Å². The lowest BCUT2D eigenvalue weighted by molar-refractivity contribution is -0.138. The average molecular weight is 301 g/mol. The Labute approximate surface area is 121 Å². The molecule has 1 N–H and O–H groups in total. The van der Waals surface area contributed by atoms with Crippen molar-refractivity contribution in [1.82, 2.24) is 0 Å². The number of nitrogens with zero attached hydrogens (tertiary/aromatic N) is 1. The Morgan fingerprint density at radius 2 is 1.95 bits per heavy atom. The van der Waals surface area contributed by atoms with Gasteiger partial charge in [0.25, 0.3) is 0 Å². The molecule has 1 aromatic rings. The van der Waals surface area contributed by atoms with Crippen LogP contribution in [0.15, 0.2) is 18.2 Å². The van der Waals surface area contributed by atoms with Crippen LogP contribution in [0.3, 0.4) is 0 Å². The number of alkyl halides is 3. The lowest BCUT2D eigenvalue weighted by atomic mass is 9.88. The zero-order chi connectivity index (χ0) is 15.8. The third kappa shape index (κ3) is 3.31. The Kier molecular flexibility index (Phi) is 4.16. The van der Waals surface area contributed by atoms with Crippen LogP contribution in [0, 0.1) is 11.8 Å². The molecule has 0 saturated carbocycles. The summed E-state index contributed by atoms with van der Waals surface area (Å²) < 4.78 is 38.5. The molecule has 0 amide bonds. The van der Waals surface area contributed by atoms with Gasteiger partial charge in [0.05, 0.1) is 11.1 Å². The van der Waals surface area contributed by atoms with Crippen LogP contribution in [-0.4, -0.2) is 24.2 Å². The Hall–Kier alpha value is -1.72. The van der Waals surface area contributed by atoms with E-state index in [1.807, 2.05) is 4.90 Å². The molecule has 0 aliphatic carbocycles. The monoisotopic (exact) mass is 301 g/mol. The molecular formula is C15H18F3NO2. The number of hydrogen-bond acceptors (Lipinski definition) is 2. The highest BCUT2D eigenvalue weighted by atomic mass is 19.4. The van der Waals surface area contributed by atoms with Gasteiger partial charge in [-0.2, -0.15) is 13.2 Å². The van der Waals surface area contributed by atoms with E-state index in [2.05, 4.69) is 13.8 Å². The Morgan fingerprint density at radius 1 is 1.29 bits per heavy atom. The standard InChI is InChI=1S/C15H18F3NO2/c1-9-5-6-19(8-10(9)2)11-3-4-13(15(16,17)18)12(7-11)14(20)21/h3-4,7,9-10H,5-6,8H2,1-2H3,(H,20,21). The van der Waals surface area contributed by atoms with Crippen LogP contribution in [0.2, 0.25) is 0 Å². The third-order valence-electron chi connectivity index (χ3n) is 4.24. The van der Waals surface area contributed by atoms with Crippen LogP contribution in [-0.2, 0) is 6.18 Å². The average Bonchev–Trinajstić information content (AvgIpc) is 2.40. The lowest BCUT2D eigenvalue weighted by Gasteiger charge is -2.37. The number of piperidine rings is 1. The number of anilines is 1. The summed E-state index contributed by atoms with van der Waals surface area (Å²) >= 11 is 0. The number of carbonyl (C=O) groups is 1. The molecule has 2 unspecified atom stereocenters. The van der Waals surface area contributed by atoms with E-state index in [0.717, 1.165) is 31.6 Å². The predicted molar refractivity (Wildman–Crippen MR) is 73.6 cm³/mol. The number of benzene rings is 1. The van der Waals surface area contributed by atoms with Crippen molar-refractivity contribution in [2.24, 2.45) is 11.8 Å². The molecule has 0 radical (unpaired) electrons. The zero-order valence-electron chi connectivity index (χ0n) is 11.9. The lowest BCUT2D eigenvalue weighted by Crippen LogP contribution is -2.38. The first-order valence-electron chi connectivity index (χ1n) is 6.89. The van der Waals surface area contributed by atoms with Gasteiger partial charge in [-0.05, 0) is 36.5 Å². The summed E-state index contributed by atoms with van der Waals surface area (Å²) in [6.07, 6.45) is -3.71. The first-order valence-corrected chi connectivity index (χ1v) is 6.89. The maximum atomic E-state index is 12.8. The topological polar surface area (TPSA) is 40.5 Å². The Balaban J connectivity index is 2.35. The van der Waals surface area contributed by atoms with E-state index in [4.69, 9.17) is 5.11 Å². The molecular weight excluding hydrogens is 283 g/mol. The second-order valence-electron chi connectivity index (χ2n) is 5.72. The molecule has 1 heterocycles. The molecule has 1 saturated heterocycles. The zero-order valence-corrected chi connectivity index (χ0v) is 11.9. The summed E-state index contributed by atoms with van der Waals surface area (Å²) in [6, 6.07) is 3.35. The van der Waals surface area contributed by atoms with Crippen molar-refractivity contribution in [2.75, 3.05) is 18.0 Å². The number of carboxylic acid groups (broad SMARTS) is 1. The highest BCUT2D eigenvalue weighted by Crippen LogP contribution is 2.35. The minimum absolute atomic E-state index is 0.425. The minimum atomic E-state index is -4.66. The molecule has 0 spiro atoms. The van der Waals surface area contributed by atoms with E-state index in [1.54, 1.807) is 0 Å². The Morgan fingerprint density at radius 3 is 2.48 bits per heavy atom. The molecule has 21 heavy (non-hydrogen) atoms. The number of hydrogen-bond donors (Lipinski definition) is 1. The first-order chi connectivity index (χ1) is 9.70. The number of rotatable bonds is 2. The van der Waals surface area contributed by atoms with Gasteiger partial charge >= 0.3 is 12.1 Å². The molecule has 1 aliphatic rings. The van der Waals surface area contributed by atoms with Gasteiger partial charge in [-0.1, -0.05) is 13.8 Å². The SMILES string of the molecule is CC1CCN(c2ccc(C(F)(F)F)c(C(=O)O)c2)CC1C. The number of aromatic carboxylic acids is 1. The van der Waals surface area contributed by atoms with Gasteiger partial charge in [-0.25, -0.2) is 4.79 Å². The van der Waals surface area contributed by atoms with Crippen LogP contribution in [0.5, 0.6) is 0 Å². The van der Waals surface area contributed by atoms with E-state index in [1.165, 1.54) is 6.07 Å². The van der Waals surface area contributed by atoms with Gasteiger partial charge in [-0.3, -0.25) is 0 Å². The molecule has 1 aliphatic heterocycles. The quantitative estimate of drug-likeness (QED) is 0.901. The maximum Gasteiger partial charge on any atom is 0.417 e. The van der Waals surface area contributed by atoms with Gasteiger partial charge in [-0.15, -0.1) is 0 Å². The smallest absolute Gasteiger partial charge is 0.417 e. The molecule has 6 heteroatoms. The van der Waals surface area contributed by atoms with Gasteiger partial charge in [0.15, 0.2) is 0 Å². The van der Waals surface area contributed by atoms with E-state index in [-0.39, 0.29) is 0 Å². The molecule has 2 atom stereocenters. The molecule has 0 aromatic heterocycles. The van der Waals surface area contributed by atoms with E-state index in [0.29, 0.717) is 17.5 Å². The van der Waals surface area contributed by atoms with Gasteiger partial charge < -0.3 is 10.0 Å². The van der Waals surface area contributed by atoms with E-state index < -0.39 is 23.3 Å². The number of halogens is 3. The molecule has 1 fully saturated rings. The molecule has 1 aromatic carbocycles. The first kappa shape index (κ1) is 15.7. The van der Waals surface area contributed by atoms with Crippen molar-refractivity contribution in [3.05, 3.63) is 29.3 Å². The largest absolute Gasteiger partial charge is 0.478 e. The summed E-state index contributed by atoms with van der Waals surface area (Å²) in [5.41, 5.74) is -1.25. The predicted octanol–water partition coefficient (Wildman–Crippen LogP) is 3.89. The van der Waals surface area contributed by atoms with Crippen molar-refractivity contribution < 1.29 is 23.1 Å². The van der Waals surface area contributed by atoms with Crippen LogP contribution < -0.4 is 4.90 Å². The van der Waals surface area contributed by atoms with Crippen LogP contribution in [0.1, 0.15) is 36.2 Å². The molecule has 116 valence electrons. The van der Waals surface area contributed by atoms with Gasteiger partial charge in [0, 0.05) is 18.8 Å². The summed E-state index contributed by atoms with van der Waals surface area (Å²) in [5.74, 6) is -0.563. The summed E-state index contributed by atoms with van der Waals surface area (Å²) in [6.45, 7) is 5.71. The summed E-state index contributed by atoms with van der Waals surface area (Å²) in [4.78, 5) is 13.1. The second-order valence-corrected chi connectivity index (χ2v) is 5.72. The van der Waals surface area contributed by atoms with Crippen LogP contribution in [0.4, 0.5) is 18.9 Å². The molecule has 0 bridgehead atoms. The van der Waals surface area contributed by atoms with Gasteiger partial charge in [0.1, 0.15) is 0 Å². The summed E-state index contributed by atoms with van der Waals surface area (Å²) in [7, 11) is 0. The van der Waals surface area contributed by atoms with Crippen LogP contribution in [0.25, 0.3) is 0 Å². The Bertz CT molecular complexity index is 542. The summed E-state index contributed by atoms with van der Waals surface area (Å²) in [5, 5.41) is 9.03. The minimum Gasteiger partial charge on any atom is -0.478 e.